The van der Waals surface area contributed by atoms with Crippen LogP contribution in [-0.4, -0.2) is 15.5 Å². The quantitative estimate of drug-likeness (QED) is 0.888. The molecule has 5 nitrogen and oxygen atoms in total. The molecule has 0 saturated heterocycles. The second-order valence-corrected chi connectivity index (χ2v) is 6.35. The average molecular weight is 350 g/mol. The molecule has 0 fully saturated rings. The van der Waals surface area contributed by atoms with Crippen LogP contribution in [0.15, 0.2) is 35.2 Å². The average Bonchev–Trinajstić information content (AvgIpc) is 2.47. The minimum absolute atomic E-state index is 0.0933. The largest absolute Gasteiger partial charge is 0.497 e. The highest BCUT2D eigenvalue weighted by Gasteiger charge is 2.22. The topological polar surface area (TPSA) is 83.0 Å². The maximum absolute atomic E-state index is 13.8. The summed E-state index contributed by atoms with van der Waals surface area (Å²) in [5.41, 5.74) is 2.25. The summed E-state index contributed by atoms with van der Waals surface area (Å²) in [4.78, 5) is -0.260. The first-order valence-corrected chi connectivity index (χ1v) is 7.78. The van der Waals surface area contributed by atoms with Crippen molar-refractivity contribution in [1.29, 1.82) is 0 Å². The summed E-state index contributed by atoms with van der Waals surface area (Å²) < 4.78 is 58.4. The molecule has 0 aliphatic carbocycles. The first kappa shape index (κ1) is 16.5. The van der Waals surface area contributed by atoms with Gasteiger partial charge in [-0.2, -0.15) is 4.39 Å². The van der Waals surface area contributed by atoms with E-state index in [9.17, 15) is 17.2 Å². The molecule has 0 aromatic heterocycles. The van der Waals surface area contributed by atoms with Crippen LogP contribution in [0, 0.1) is 11.6 Å². The number of ether oxygens (including phenoxy) is 1. The predicted octanol–water partition coefficient (Wildman–Crippen LogP) is 2.30. The van der Waals surface area contributed by atoms with Crippen LogP contribution in [0.1, 0.15) is 0 Å². The summed E-state index contributed by atoms with van der Waals surface area (Å²) in [5, 5.41) is -0.0933. The van der Waals surface area contributed by atoms with Crippen LogP contribution < -0.4 is 15.2 Å². The van der Waals surface area contributed by atoms with Crippen LogP contribution in [0.3, 0.4) is 0 Å². The number of halogens is 3. The third-order valence-corrected chi connectivity index (χ3v) is 4.71. The Morgan fingerprint density at radius 1 is 1.23 bits per heavy atom. The fraction of sp³-hybridized carbons (Fsp3) is 0.0769. The molecule has 0 aliphatic rings. The van der Waals surface area contributed by atoms with Crippen LogP contribution in [0.2, 0.25) is 5.02 Å². The van der Waals surface area contributed by atoms with Gasteiger partial charge >= 0.3 is 0 Å². The lowest BCUT2D eigenvalue weighted by molar-refractivity contribution is -0.262. The number of nitrogens with one attached hydrogen (secondary N) is 1. The Morgan fingerprint density at radius 3 is 2.50 bits per heavy atom. The Kier molecular flexibility index (Phi) is 4.55. The highest BCUT2D eigenvalue weighted by molar-refractivity contribution is 7.92. The van der Waals surface area contributed by atoms with Gasteiger partial charge in [0.15, 0.2) is 5.82 Å². The Labute approximate surface area is 130 Å². The van der Waals surface area contributed by atoms with E-state index in [2.05, 4.69) is 5.73 Å². The smallest absolute Gasteiger partial charge is 0.263 e. The maximum atomic E-state index is 13.8. The van der Waals surface area contributed by atoms with E-state index < -0.39 is 33.0 Å². The molecular weight excluding hydrogens is 338 g/mol. The summed E-state index contributed by atoms with van der Waals surface area (Å²) in [7, 11) is -2.74. The zero-order chi connectivity index (χ0) is 16.5. The predicted molar refractivity (Wildman–Crippen MR) is 77.7 cm³/mol. The highest BCUT2D eigenvalue weighted by atomic mass is 35.5. The van der Waals surface area contributed by atoms with E-state index >= 15 is 0 Å². The van der Waals surface area contributed by atoms with Crippen LogP contribution in [0.25, 0.3) is 0 Å². The molecule has 118 valence electrons. The number of rotatable bonds is 4. The molecule has 0 radical (unpaired) electrons. The Hall–Kier alpha value is -1.90. The van der Waals surface area contributed by atoms with Gasteiger partial charge in [-0.15, -0.1) is 0 Å². The van der Waals surface area contributed by atoms with E-state index in [0.29, 0.717) is 5.75 Å². The lowest BCUT2D eigenvalue weighted by Crippen LogP contribution is -2.43. The molecule has 0 amide bonds. The molecule has 9 heteroatoms. The summed E-state index contributed by atoms with van der Waals surface area (Å²) in [6.45, 7) is 0. The molecule has 2 aromatic rings. The molecule has 0 unspecified atom stereocenters. The molecule has 4 N–H and O–H groups in total. The number of benzene rings is 2. The number of sulfonamides is 1. The van der Waals surface area contributed by atoms with E-state index in [-0.39, 0.29) is 9.92 Å². The van der Waals surface area contributed by atoms with Crippen molar-refractivity contribution >= 4 is 33.0 Å². The normalized spacial score (nSPS) is 11.3. The van der Waals surface area contributed by atoms with Crippen molar-refractivity contribution in [3.63, 3.8) is 0 Å². The van der Waals surface area contributed by atoms with E-state index in [1.807, 2.05) is 4.72 Å². The standard InChI is InChI=1S/C13H11ClF2N2O3S/c1-21-7-2-5-11(8(14)6-7)22(19,20)18-10-4-3-9(15)13(17)12(10)16/h2-6,18H,17H2,1H3/p+1. The Morgan fingerprint density at radius 2 is 1.91 bits per heavy atom. The first-order chi connectivity index (χ1) is 10.3. The number of hydrogen-bond acceptors (Lipinski definition) is 3. The van der Waals surface area contributed by atoms with Crippen molar-refractivity contribution in [2.45, 2.75) is 4.90 Å². The molecular formula is C13H12ClF2N2O3S+. The maximum Gasteiger partial charge on any atom is 0.263 e. The minimum atomic E-state index is -4.15. The molecule has 0 saturated carbocycles. The van der Waals surface area contributed by atoms with Crippen molar-refractivity contribution in [3.05, 3.63) is 47.0 Å². The van der Waals surface area contributed by atoms with Gasteiger partial charge in [0.1, 0.15) is 10.6 Å². The van der Waals surface area contributed by atoms with E-state index in [1.54, 1.807) is 0 Å². The number of methoxy groups -OCH3 is 1. The second-order valence-electron chi connectivity index (χ2n) is 4.29. The van der Waals surface area contributed by atoms with Gasteiger partial charge in [0.25, 0.3) is 10.0 Å². The number of quaternary nitrogens is 1. The van der Waals surface area contributed by atoms with Crippen molar-refractivity contribution in [3.8, 4) is 5.75 Å². The van der Waals surface area contributed by atoms with E-state index in [4.69, 9.17) is 16.3 Å². The van der Waals surface area contributed by atoms with Crippen molar-refractivity contribution in [2.75, 3.05) is 11.8 Å². The third kappa shape index (κ3) is 3.13. The molecule has 0 bridgehead atoms. The molecule has 0 spiro atoms. The SMILES string of the molecule is COc1ccc(S(=O)(=O)Nc2ccc(F)c([NH3+])c2F)c(Cl)c1. The number of anilines is 1. The van der Waals surface area contributed by atoms with E-state index in [0.717, 1.165) is 12.1 Å². The van der Waals surface area contributed by atoms with Crippen molar-refractivity contribution in [2.24, 2.45) is 0 Å². The summed E-state index contributed by atoms with van der Waals surface area (Å²) >= 11 is 5.89. The van der Waals surface area contributed by atoms with Crippen LogP contribution in [-0.2, 0) is 10.0 Å². The second kappa shape index (κ2) is 6.07. The van der Waals surface area contributed by atoms with Crippen LogP contribution >= 0.6 is 11.6 Å². The third-order valence-electron chi connectivity index (χ3n) is 2.86. The van der Waals surface area contributed by atoms with Crippen molar-refractivity contribution in [1.82, 2.24) is 0 Å². The zero-order valence-electron chi connectivity index (χ0n) is 11.4. The Bertz CT molecular complexity index is 828. The zero-order valence-corrected chi connectivity index (χ0v) is 12.9. The monoisotopic (exact) mass is 349 g/mol. The summed E-state index contributed by atoms with van der Waals surface area (Å²) in [6.07, 6.45) is 0. The molecule has 2 rings (SSSR count). The Balaban J connectivity index is 2.42. The lowest BCUT2D eigenvalue weighted by atomic mass is 10.2. The van der Waals surface area contributed by atoms with E-state index in [1.165, 1.54) is 25.3 Å². The van der Waals surface area contributed by atoms with Gasteiger partial charge < -0.3 is 10.5 Å². The number of hydrogen-bond donors (Lipinski definition) is 2. The molecule has 22 heavy (non-hydrogen) atoms. The summed E-state index contributed by atoms with van der Waals surface area (Å²) in [6, 6.07) is 5.81. The van der Waals surface area contributed by atoms with Crippen LogP contribution in [0.5, 0.6) is 5.75 Å². The lowest BCUT2D eigenvalue weighted by Gasteiger charge is -2.11. The van der Waals surface area contributed by atoms with Gasteiger partial charge in [-0.05, 0) is 24.3 Å². The van der Waals surface area contributed by atoms with Gasteiger partial charge in [-0.25, -0.2) is 12.8 Å². The van der Waals surface area contributed by atoms with Gasteiger partial charge in [0.05, 0.1) is 17.8 Å². The van der Waals surface area contributed by atoms with Gasteiger partial charge in [0, 0.05) is 6.07 Å². The van der Waals surface area contributed by atoms with Gasteiger partial charge in [-0.1, -0.05) is 11.6 Å². The van der Waals surface area contributed by atoms with Crippen LogP contribution in [0.4, 0.5) is 20.2 Å². The fourth-order valence-corrected chi connectivity index (χ4v) is 3.30. The molecule has 0 heterocycles. The molecule has 2 aromatic carbocycles. The fourth-order valence-electron chi connectivity index (χ4n) is 1.70. The van der Waals surface area contributed by atoms with Crippen molar-refractivity contribution < 1.29 is 27.7 Å². The molecule has 0 aliphatic heterocycles. The molecule has 0 atom stereocenters. The first-order valence-electron chi connectivity index (χ1n) is 5.92. The van der Waals surface area contributed by atoms with Gasteiger partial charge in [0.2, 0.25) is 11.5 Å². The highest BCUT2D eigenvalue weighted by Crippen LogP contribution is 2.29. The minimum Gasteiger partial charge on any atom is -0.497 e. The summed E-state index contributed by atoms with van der Waals surface area (Å²) in [5.74, 6) is -1.59. The van der Waals surface area contributed by atoms with Gasteiger partial charge in [-0.3, -0.25) is 4.72 Å².